The van der Waals surface area contributed by atoms with E-state index < -0.39 is 10.0 Å². The molecule has 1 saturated heterocycles. The van der Waals surface area contributed by atoms with Gasteiger partial charge in [-0.3, -0.25) is 4.79 Å². The lowest BCUT2D eigenvalue weighted by Crippen LogP contribution is -2.41. The first kappa shape index (κ1) is 18.2. The van der Waals surface area contributed by atoms with Crippen LogP contribution in [0.5, 0.6) is 5.75 Å². The minimum absolute atomic E-state index is 0.198. The number of rotatable bonds is 6. The van der Waals surface area contributed by atoms with Crippen LogP contribution in [0.4, 0.5) is 0 Å². The van der Waals surface area contributed by atoms with Gasteiger partial charge in [0, 0.05) is 25.1 Å². The molecule has 0 aromatic heterocycles. The highest BCUT2D eigenvalue weighted by Gasteiger charge is 2.31. The molecule has 6 nitrogen and oxygen atoms in total. The van der Waals surface area contributed by atoms with Crippen LogP contribution in [0.2, 0.25) is 0 Å². The first-order valence-corrected chi connectivity index (χ1v) is 9.81. The quantitative estimate of drug-likeness (QED) is 0.785. The smallest absolute Gasteiger partial charge is 0.243 e. The van der Waals surface area contributed by atoms with Crippen LogP contribution in [0, 0.1) is 5.92 Å². The molecule has 2 N–H and O–H groups in total. The van der Waals surface area contributed by atoms with Gasteiger partial charge in [0.05, 0.1) is 16.0 Å². The molecule has 1 fully saturated rings. The summed E-state index contributed by atoms with van der Waals surface area (Å²) >= 11 is 3.36. The Hall–Kier alpha value is -1.12. The average Bonchev–Trinajstić information content (AvgIpc) is 2.54. The number of primary amides is 1. The highest BCUT2D eigenvalue weighted by molar-refractivity contribution is 9.10. The molecular formula is C15H21BrN2O4S. The minimum atomic E-state index is -3.60. The van der Waals surface area contributed by atoms with Crippen molar-refractivity contribution < 1.29 is 17.9 Å². The number of halogens is 1. The summed E-state index contributed by atoms with van der Waals surface area (Å²) < 4.78 is 33.2. The van der Waals surface area contributed by atoms with Gasteiger partial charge in [-0.2, -0.15) is 4.31 Å². The zero-order valence-corrected chi connectivity index (χ0v) is 15.4. The standard InChI is InChI=1S/C15H21BrN2O4S/c1-2-9-22-14-10-12(3-4-13(14)16)23(20,21)18-7-5-11(6-8-18)15(17)19/h3-4,10-11H,2,5-9H2,1H3,(H2,17,19). The fourth-order valence-corrected chi connectivity index (χ4v) is 4.34. The van der Waals surface area contributed by atoms with E-state index in [-0.39, 0.29) is 16.7 Å². The number of amides is 1. The molecular weight excluding hydrogens is 384 g/mol. The number of carbonyl (C=O) groups is 1. The van der Waals surface area contributed by atoms with Gasteiger partial charge >= 0.3 is 0 Å². The molecule has 2 rings (SSSR count). The van der Waals surface area contributed by atoms with E-state index in [1.54, 1.807) is 12.1 Å². The summed E-state index contributed by atoms with van der Waals surface area (Å²) in [5.41, 5.74) is 5.29. The number of hydrogen-bond donors (Lipinski definition) is 1. The maximum absolute atomic E-state index is 12.7. The van der Waals surface area contributed by atoms with Gasteiger partial charge in [0.15, 0.2) is 0 Å². The van der Waals surface area contributed by atoms with Crippen LogP contribution in [0.1, 0.15) is 26.2 Å². The second kappa shape index (κ2) is 7.63. The third-order valence-electron chi connectivity index (χ3n) is 3.86. The summed E-state index contributed by atoms with van der Waals surface area (Å²) in [4.78, 5) is 11.4. The second-order valence-electron chi connectivity index (χ2n) is 5.52. The first-order valence-electron chi connectivity index (χ1n) is 7.58. The number of carbonyl (C=O) groups excluding carboxylic acids is 1. The van der Waals surface area contributed by atoms with Gasteiger partial charge in [-0.15, -0.1) is 0 Å². The van der Waals surface area contributed by atoms with Crippen molar-refractivity contribution >= 4 is 31.9 Å². The number of ether oxygens (including phenoxy) is 1. The number of piperidine rings is 1. The van der Waals surface area contributed by atoms with Gasteiger partial charge in [-0.05, 0) is 47.3 Å². The summed E-state index contributed by atoms with van der Waals surface area (Å²) in [6.07, 6.45) is 1.76. The Balaban J connectivity index is 2.18. The molecule has 0 spiro atoms. The zero-order valence-electron chi connectivity index (χ0n) is 13.0. The fraction of sp³-hybridized carbons (Fsp3) is 0.533. The average molecular weight is 405 g/mol. The van der Waals surface area contributed by atoms with E-state index in [9.17, 15) is 13.2 Å². The molecule has 0 bridgehead atoms. The van der Waals surface area contributed by atoms with Crippen LogP contribution in [0.3, 0.4) is 0 Å². The van der Waals surface area contributed by atoms with Crippen molar-refractivity contribution in [1.29, 1.82) is 0 Å². The van der Waals surface area contributed by atoms with E-state index in [1.807, 2.05) is 6.92 Å². The summed E-state index contributed by atoms with van der Waals surface area (Å²) in [7, 11) is -3.60. The minimum Gasteiger partial charge on any atom is -0.492 e. The Morgan fingerprint density at radius 2 is 2.04 bits per heavy atom. The molecule has 23 heavy (non-hydrogen) atoms. The molecule has 1 aromatic carbocycles. The van der Waals surface area contributed by atoms with E-state index in [0.717, 1.165) is 10.9 Å². The number of sulfonamides is 1. The van der Waals surface area contributed by atoms with Crippen LogP contribution in [-0.4, -0.2) is 38.3 Å². The van der Waals surface area contributed by atoms with Crippen LogP contribution in [0.15, 0.2) is 27.6 Å². The second-order valence-corrected chi connectivity index (χ2v) is 8.31. The van der Waals surface area contributed by atoms with Gasteiger partial charge in [0.1, 0.15) is 5.75 Å². The van der Waals surface area contributed by atoms with Gasteiger partial charge < -0.3 is 10.5 Å². The number of nitrogens with zero attached hydrogens (tertiary/aromatic N) is 1. The Kier molecular flexibility index (Phi) is 6.05. The molecule has 128 valence electrons. The molecule has 0 aliphatic carbocycles. The molecule has 1 heterocycles. The van der Waals surface area contributed by atoms with Gasteiger partial charge in [-0.25, -0.2) is 8.42 Å². The molecule has 1 aliphatic rings. The maximum atomic E-state index is 12.7. The Morgan fingerprint density at radius 1 is 1.39 bits per heavy atom. The van der Waals surface area contributed by atoms with Crippen LogP contribution in [0.25, 0.3) is 0 Å². The van der Waals surface area contributed by atoms with Crippen LogP contribution >= 0.6 is 15.9 Å². The number of nitrogens with two attached hydrogens (primary N) is 1. The van der Waals surface area contributed by atoms with Crippen molar-refractivity contribution in [3.8, 4) is 5.75 Å². The SMILES string of the molecule is CCCOc1cc(S(=O)(=O)N2CCC(C(N)=O)CC2)ccc1Br. The Labute approximate surface area is 145 Å². The van der Waals surface area contributed by atoms with Crippen molar-refractivity contribution in [2.24, 2.45) is 11.7 Å². The van der Waals surface area contributed by atoms with E-state index in [4.69, 9.17) is 10.5 Å². The van der Waals surface area contributed by atoms with Crippen molar-refractivity contribution in [2.45, 2.75) is 31.1 Å². The first-order chi connectivity index (χ1) is 10.9. The number of hydrogen-bond acceptors (Lipinski definition) is 4. The predicted octanol–water partition coefficient (Wildman–Crippen LogP) is 2.12. The lowest BCUT2D eigenvalue weighted by atomic mass is 9.98. The molecule has 1 amide bonds. The molecule has 1 aromatic rings. The van der Waals surface area contributed by atoms with Crippen molar-refractivity contribution in [2.75, 3.05) is 19.7 Å². The summed E-state index contributed by atoms with van der Waals surface area (Å²) in [6.45, 7) is 3.11. The monoisotopic (exact) mass is 404 g/mol. The molecule has 1 aliphatic heterocycles. The highest BCUT2D eigenvalue weighted by Crippen LogP contribution is 2.30. The van der Waals surface area contributed by atoms with Crippen molar-refractivity contribution in [3.63, 3.8) is 0 Å². The lowest BCUT2D eigenvalue weighted by molar-refractivity contribution is -0.122. The largest absolute Gasteiger partial charge is 0.492 e. The molecule has 0 unspecified atom stereocenters. The van der Waals surface area contributed by atoms with E-state index in [0.29, 0.717) is 38.3 Å². The Morgan fingerprint density at radius 3 is 2.61 bits per heavy atom. The molecule has 8 heteroatoms. The van der Waals surface area contributed by atoms with E-state index in [1.165, 1.54) is 10.4 Å². The van der Waals surface area contributed by atoms with Crippen molar-refractivity contribution in [3.05, 3.63) is 22.7 Å². The summed E-state index contributed by atoms with van der Waals surface area (Å²) in [6, 6.07) is 4.77. The van der Waals surface area contributed by atoms with Crippen molar-refractivity contribution in [1.82, 2.24) is 4.31 Å². The highest BCUT2D eigenvalue weighted by atomic mass is 79.9. The van der Waals surface area contributed by atoms with Crippen LogP contribution in [-0.2, 0) is 14.8 Å². The van der Waals surface area contributed by atoms with E-state index in [2.05, 4.69) is 15.9 Å². The fourth-order valence-electron chi connectivity index (χ4n) is 2.50. The van der Waals surface area contributed by atoms with Crippen LogP contribution < -0.4 is 10.5 Å². The van der Waals surface area contributed by atoms with Gasteiger partial charge in [-0.1, -0.05) is 6.92 Å². The van der Waals surface area contributed by atoms with E-state index >= 15 is 0 Å². The van der Waals surface area contributed by atoms with Gasteiger partial charge in [0.25, 0.3) is 0 Å². The summed E-state index contributed by atoms with van der Waals surface area (Å²) in [5.74, 6) is -0.0873. The normalized spacial score (nSPS) is 17.1. The third kappa shape index (κ3) is 4.24. The lowest BCUT2D eigenvalue weighted by Gasteiger charge is -2.29. The molecule has 0 atom stereocenters. The number of benzene rings is 1. The summed E-state index contributed by atoms with van der Waals surface area (Å²) in [5, 5.41) is 0. The predicted molar refractivity (Wildman–Crippen MR) is 90.6 cm³/mol. The zero-order chi connectivity index (χ0) is 17.0. The molecule has 0 radical (unpaired) electrons. The van der Waals surface area contributed by atoms with Gasteiger partial charge in [0.2, 0.25) is 15.9 Å². The third-order valence-corrected chi connectivity index (χ3v) is 6.41. The maximum Gasteiger partial charge on any atom is 0.243 e. The Bertz CT molecular complexity index is 670. The topological polar surface area (TPSA) is 89.7 Å². The molecule has 0 saturated carbocycles.